The molecule has 2 heterocycles. The van der Waals surface area contributed by atoms with Crippen LogP contribution in [0.4, 0.5) is 5.69 Å². The summed E-state index contributed by atoms with van der Waals surface area (Å²) in [6.45, 7) is 1.86. The average molecular weight is 473 g/mol. The van der Waals surface area contributed by atoms with Crippen LogP contribution in [-0.2, 0) is 7.05 Å². The van der Waals surface area contributed by atoms with Crippen LogP contribution >= 0.6 is 34.8 Å². The molecule has 1 amide bonds. The number of nitrogens with one attached hydrogen (secondary N) is 1. The van der Waals surface area contributed by atoms with E-state index in [4.69, 9.17) is 34.8 Å². The molecule has 2 aromatic heterocycles. The molecule has 0 unspecified atom stereocenters. The van der Waals surface area contributed by atoms with Crippen molar-refractivity contribution in [1.29, 1.82) is 0 Å². The number of carbonyl (C=O) groups is 1. The third-order valence-electron chi connectivity index (χ3n) is 4.83. The van der Waals surface area contributed by atoms with Crippen LogP contribution in [0.3, 0.4) is 0 Å². The highest BCUT2D eigenvalue weighted by Gasteiger charge is 2.23. The van der Waals surface area contributed by atoms with Crippen LogP contribution in [0.15, 0.2) is 67.0 Å². The van der Waals surface area contributed by atoms with Gasteiger partial charge in [0, 0.05) is 33.3 Å². The topological polar surface area (TPSA) is 50.8 Å². The summed E-state index contributed by atoms with van der Waals surface area (Å²) >= 11 is 18.6. The second kappa shape index (κ2) is 8.71. The van der Waals surface area contributed by atoms with E-state index in [1.54, 1.807) is 35.0 Å². The average Bonchev–Trinajstić information content (AvgIpc) is 3.07. The lowest BCUT2D eigenvalue weighted by Gasteiger charge is -2.11. The summed E-state index contributed by atoms with van der Waals surface area (Å²) in [5.74, 6) is -0.314. The van der Waals surface area contributed by atoms with Crippen molar-refractivity contribution in [2.75, 3.05) is 5.32 Å². The number of amides is 1. The van der Waals surface area contributed by atoms with Crippen molar-refractivity contribution in [3.63, 3.8) is 0 Å². The summed E-state index contributed by atoms with van der Waals surface area (Å²) in [6, 6.07) is 16.1. The lowest BCUT2D eigenvalue weighted by atomic mass is 10.1. The fourth-order valence-electron chi connectivity index (χ4n) is 3.26. The van der Waals surface area contributed by atoms with Crippen LogP contribution in [0.1, 0.15) is 16.1 Å². The molecule has 8 heteroatoms. The lowest BCUT2D eigenvalue weighted by molar-refractivity contribution is -0.671. The normalized spacial score (nSPS) is 10.9. The molecular weight excluding hydrogens is 455 g/mol. The van der Waals surface area contributed by atoms with E-state index in [0.717, 1.165) is 11.3 Å². The first kappa shape index (κ1) is 21.4. The predicted molar refractivity (Wildman–Crippen MR) is 124 cm³/mol. The Morgan fingerprint density at radius 1 is 0.968 bits per heavy atom. The molecule has 2 aromatic carbocycles. The van der Waals surface area contributed by atoms with Gasteiger partial charge >= 0.3 is 0 Å². The molecule has 0 radical (unpaired) electrons. The number of rotatable bonds is 4. The van der Waals surface area contributed by atoms with Crippen molar-refractivity contribution in [1.82, 2.24) is 9.78 Å². The number of aryl methyl sites for hydroxylation is 1. The monoisotopic (exact) mass is 471 g/mol. The molecule has 156 valence electrons. The molecule has 0 fully saturated rings. The zero-order valence-electron chi connectivity index (χ0n) is 16.7. The van der Waals surface area contributed by atoms with Crippen LogP contribution in [0.5, 0.6) is 0 Å². The molecule has 0 saturated heterocycles. The van der Waals surface area contributed by atoms with Crippen LogP contribution in [0, 0.1) is 6.92 Å². The van der Waals surface area contributed by atoms with Gasteiger partial charge in [-0.2, -0.15) is 5.10 Å². The van der Waals surface area contributed by atoms with Gasteiger partial charge in [-0.25, -0.2) is 9.25 Å². The first-order valence-corrected chi connectivity index (χ1v) is 10.5. The van der Waals surface area contributed by atoms with E-state index in [-0.39, 0.29) is 5.91 Å². The van der Waals surface area contributed by atoms with Crippen molar-refractivity contribution >= 4 is 46.4 Å². The Bertz CT molecular complexity index is 1270. The van der Waals surface area contributed by atoms with Gasteiger partial charge in [-0.3, -0.25) is 4.79 Å². The van der Waals surface area contributed by atoms with Gasteiger partial charge in [0.2, 0.25) is 0 Å². The maximum Gasteiger partial charge on any atom is 0.276 e. The minimum Gasteiger partial charge on any atom is -0.320 e. The zero-order chi connectivity index (χ0) is 22.1. The Kier molecular flexibility index (Phi) is 6.01. The quantitative estimate of drug-likeness (QED) is 0.377. The Hall–Kier alpha value is -2.86. The van der Waals surface area contributed by atoms with E-state index < -0.39 is 0 Å². The summed E-state index contributed by atoms with van der Waals surface area (Å²) in [5.41, 5.74) is 3.90. The van der Waals surface area contributed by atoms with Gasteiger partial charge in [0.15, 0.2) is 18.1 Å². The minimum atomic E-state index is -0.314. The number of aromatic nitrogens is 3. The van der Waals surface area contributed by atoms with Crippen LogP contribution < -0.4 is 9.88 Å². The summed E-state index contributed by atoms with van der Waals surface area (Å²) < 4.78 is 3.55. The molecule has 0 bridgehead atoms. The number of benzene rings is 2. The van der Waals surface area contributed by atoms with Gasteiger partial charge in [-0.05, 0) is 37.3 Å². The van der Waals surface area contributed by atoms with Gasteiger partial charge in [0.05, 0.1) is 22.1 Å². The highest BCUT2D eigenvalue weighted by molar-refractivity contribution is 6.35. The highest BCUT2D eigenvalue weighted by atomic mass is 35.5. The van der Waals surface area contributed by atoms with E-state index >= 15 is 0 Å². The smallest absolute Gasteiger partial charge is 0.276 e. The predicted octanol–water partition coefficient (Wildman–Crippen LogP) is 5.88. The molecule has 31 heavy (non-hydrogen) atoms. The molecule has 0 aliphatic carbocycles. The Morgan fingerprint density at radius 3 is 2.26 bits per heavy atom. The van der Waals surface area contributed by atoms with E-state index in [2.05, 4.69) is 10.4 Å². The van der Waals surface area contributed by atoms with Crippen LogP contribution in [-0.4, -0.2) is 15.7 Å². The minimum absolute atomic E-state index is 0.296. The van der Waals surface area contributed by atoms with Crippen molar-refractivity contribution in [2.45, 2.75) is 6.92 Å². The molecule has 0 aliphatic heterocycles. The second-order valence-corrected chi connectivity index (χ2v) is 8.32. The summed E-state index contributed by atoms with van der Waals surface area (Å²) in [6.07, 6.45) is 3.71. The Labute approximate surface area is 194 Å². The summed E-state index contributed by atoms with van der Waals surface area (Å²) in [4.78, 5) is 13.1. The van der Waals surface area contributed by atoms with Gasteiger partial charge < -0.3 is 5.32 Å². The number of pyridine rings is 1. The summed E-state index contributed by atoms with van der Waals surface area (Å²) in [5, 5.41) is 9.08. The van der Waals surface area contributed by atoms with Crippen LogP contribution in [0.25, 0.3) is 16.9 Å². The molecule has 0 atom stereocenters. The van der Waals surface area contributed by atoms with Crippen LogP contribution in [0.2, 0.25) is 15.1 Å². The number of nitrogens with zero attached hydrogens (tertiary/aromatic N) is 3. The first-order valence-electron chi connectivity index (χ1n) is 9.41. The zero-order valence-corrected chi connectivity index (χ0v) is 19.0. The maximum atomic E-state index is 13.1. The number of halogens is 3. The number of hydrogen-bond acceptors (Lipinski definition) is 2. The Morgan fingerprint density at radius 2 is 1.61 bits per heavy atom. The van der Waals surface area contributed by atoms with Crippen molar-refractivity contribution in [2.24, 2.45) is 7.05 Å². The van der Waals surface area contributed by atoms with Gasteiger partial charge in [0.25, 0.3) is 5.91 Å². The molecule has 4 aromatic rings. The molecule has 0 saturated carbocycles. The molecule has 4 rings (SSSR count). The largest absolute Gasteiger partial charge is 0.320 e. The Balaban J connectivity index is 1.84. The van der Waals surface area contributed by atoms with Crippen molar-refractivity contribution < 1.29 is 9.36 Å². The standard InChI is InChI=1S/C23H17Cl3N4O/c1-14-21(23(31)27-18-9-11-29(2)12-10-18)28-30(20-8-7-17(25)13-19(20)26)22(14)15-3-5-16(24)6-4-15/h3-13H,1-2H3/p+1. The third kappa shape index (κ3) is 4.44. The summed E-state index contributed by atoms with van der Waals surface area (Å²) in [7, 11) is 1.91. The molecule has 1 N–H and O–H groups in total. The molecule has 0 aliphatic rings. The van der Waals surface area contributed by atoms with Gasteiger partial charge in [-0.1, -0.05) is 46.9 Å². The lowest BCUT2D eigenvalue weighted by Crippen LogP contribution is -2.26. The fourth-order valence-corrected chi connectivity index (χ4v) is 3.87. The van der Waals surface area contributed by atoms with Crippen molar-refractivity contribution in [3.8, 4) is 16.9 Å². The fraction of sp³-hybridized carbons (Fsp3) is 0.0870. The second-order valence-electron chi connectivity index (χ2n) is 7.04. The molecular formula is C23H18Cl3N4O+. The maximum absolute atomic E-state index is 13.1. The van der Waals surface area contributed by atoms with E-state index in [9.17, 15) is 4.79 Å². The number of hydrogen-bond donors (Lipinski definition) is 1. The van der Waals surface area contributed by atoms with E-state index in [1.165, 1.54) is 0 Å². The third-order valence-corrected chi connectivity index (χ3v) is 5.62. The highest BCUT2D eigenvalue weighted by Crippen LogP contribution is 2.33. The first-order chi connectivity index (χ1) is 14.8. The van der Waals surface area contributed by atoms with Gasteiger partial charge in [-0.15, -0.1) is 0 Å². The van der Waals surface area contributed by atoms with E-state index in [0.29, 0.717) is 37.7 Å². The SMILES string of the molecule is Cc1c(C(=O)Nc2cc[n+](C)cc2)nn(-c2ccc(Cl)cc2Cl)c1-c1ccc(Cl)cc1. The van der Waals surface area contributed by atoms with Gasteiger partial charge in [0.1, 0.15) is 7.05 Å². The number of anilines is 1. The molecule has 5 nitrogen and oxygen atoms in total. The van der Waals surface area contributed by atoms with Crippen molar-refractivity contribution in [3.05, 3.63) is 93.3 Å². The number of carbonyl (C=O) groups excluding carboxylic acids is 1. The van der Waals surface area contributed by atoms with E-state index in [1.807, 2.05) is 55.2 Å². The molecule has 0 spiro atoms.